The Morgan fingerprint density at radius 3 is 2.65 bits per heavy atom. The first kappa shape index (κ1) is 20.2. The van der Waals surface area contributed by atoms with Gasteiger partial charge in [0.25, 0.3) is 5.69 Å². The first-order valence-corrected chi connectivity index (χ1v) is 11.3. The van der Waals surface area contributed by atoms with Gasteiger partial charge in [-0.05, 0) is 40.8 Å². The maximum Gasteiger partial charge on any atom is 0.326 e. The fourth-order valence-electron chi connectivity index (χ4n) is 5.01. The summed E-state index contributed by atoms with van der Waals surface area (Å²) in [7, 11) is 0. The molecule has 0 spiro atoms. The summed E-state index contributed by atoms with van der Waals surface area (Å²) in [6, 6.07) is 17.8. The highest BCUT2D eigenvalue weighted by atomic mass is 35.5. The fraction of sp³-hybridized carbons (Fsp3) is 0.261. The third-order valence-corrected chi connectivity index (χ3v) is 8.43. The summed E-state index contributed by atoms with van der Waals surface area (Å²) in [4.78, 5) is 23.7. The second-order valence-corrected chi connectivity index (χ2v) is 9.74. The van der Waals surface area contributed by atoms with Crippen LogP contribution in [0.4, 0.5) is 11.4 Å². The lowest BCUT2D eigenvalue weighted by Crippen LogP contribution is -2.42. The minimum Gasteiger partial charge on any atom is -0.480 e. The molecule has 8 heteroatoms. The number of halogens is 1. The lowest BCUT2D eigenvalue weighted by atomic mass is 9.77. The van der Waals surface area contributed by atoms with Gasteiger partial charge in [0.1, 0.15) is 6.04 Å². The lowest BCUT2D eigenvalue weighted by molar-refractivity contribution is -0.387. The van der Waals surface area contributed by atoms with Crippen LogP contribution < -0.4 is 5.32 Å². The molecule has 0 bridgehead atoms. The number of benzene rings is 3. The molecule has 6 nitrogen and oxygen atoms in total. The van der Waals surface area contributed by atoms with E-state index < -0.39 is 16.9 Å². The molecule has 1 fully saturated rings. The van der Waals surface area contributed by atoms with Crippen LogP contribution in [0.3, 0.4) is 0 Å². The van der Waals surface area contributed by atoms with Crippen molar-refractivity contribution in [1.82, 2.24) is 0 Å². The normalized spacial score (nSPS) is 26.7. The van der Waals surface area contributed by atoms with Crippen molar-refractivity contribution in [2.75, 3.05) is 5.32 Å². The summed E-state index contributed by atoms with van der Waals surface area (Å²) in [5.41, 5.74) is 1.89. The molecule has 3 aromatic carbocycles. The van der Waals surface area contributed by atoms with Crippen LogP contribution in [0, 0.1) is 16.0 Å². The molecule has 0 unspecified atom stereocenters. The Balaban J connectivity index is 1.58. The molecule has 1 aliphatic carbocycles. The average molecular weight is 455 g/mol. The predicted molar refractivity (Wildman–Crippen MR) is 122 cm³/mol. The van der Waals surface area contributed by atoms with Crippen LogP contribution in [0.5, 0.6) is 0 Å². The van der Waals surface area contributed by atoms with Crippen molar-refractivity contribution in [2.24, 2.45) is 5.92 Å². The van der Waals surface area contributed by atoms with E-state index in [1.165, 1.54) is 17.8 Å². The number of para-hydroxylation sites is 1. The van der Waals surface area contributed by atoms with Crippen molar-refractivity contribution in [3.8, 4) is 0 Å². The molecule has 31 heavy (non-hydrogen) atoms. The minimum absolute atomic E-state index is 0.0463. The van der Waals surface area contributed by atoms with Gasteiger partial charge in [-0.2, -0.15) is 0 Å². The maximum absolute atomic E-state index is 12.1. The summed E-state index contributed by atoms with van der Waals surface area (Å²) in [6.07, 6.45) is 0.558. The number of carbonyl (C=O) groups is 1. The topological polar surface area (TPSA) is 92.5 Å². The van der Waals surface area contributed by atoms with Gasteiger partial charge < -0.3 is 10.4 Å². The number of rotatable bonds is 4. The van der Waals surface area contributed by atoms with Crippen LogP contribution in [0.1, 0.15) is 17.9 Å². The van der Waals surface area contributed by atoms with Crippen LogP contribution in [0.15, 0.2) is 65.6 Å². The monoisotopic (exact) mass is 454 g/mol. The Morgan fingerprint density at radius 2 is 1.87 bits per heavy atom. The van der Waals surface area contributed by atoms with Crippen molar-refractivity contribution in [3.63, 3.8) is 0 Å². The van der Waals surface area contributed by atoms with E-state index in [1.54, 1.807) is 18.2 Å². The smallest absolute Gasteiger partial charge is 0.326 e. The second-order valence-electron chi connectivity index (χ2n) is 7.96. The van der Waals surface area contributed by atoms with Gasteiger partial charge in [-0.1, -0.05) is 42.5 Å². The van der Waals surface area contributed by atoms with Crippen molar-refractivity contribution in [2.45, 2.75) is 33.9 Å². The average Bonchev–Trinajstić information content (AvgIpc) is 3.09. The molecule has 1 heterocycles. The van der Waals surface area contributed by atoms with Crippen molar-refractivity contribution in [3.05, 3.63) is 76.3 Å². The zero-order valence-electron chi connectivity index (χ0n) is 16.3. The van der Waals surface area contributed by atoms with Crippen LogP contribution in [-0.4, -0.2) is 32.7 Å². The molecule has 5 rings (SSSR count). The third-order valence-electron chi connectivity index (χ3n) is 6.31. The molecule has 158 valence electrons. The maximum atomic E-state index is 12.1. The highest BCUT2D eigenvalue weighted by Crippen LogP contribution is 2.56. The van der Waals surface area contributed by atoms with E-state index in [0.717, 1.165) is 22.0 Å². The van der Waals surface area contributed by atoms with Crippen molar-refractivity contribution >= 4 is 51.5 Å². The van der Waals surface area contributed by atoms with Gasteiger partial charge in [0.2, 0.25) is 0 Å². The molecular formula is C23H19ClN2O4S. The number of thioether (sulfide) groups is 1. The predicted octanol–water partition coefficient (Wildman–Crippen LogP) is 5.50. The SMILES string of the molecule is O=C(O)[C@@H]1Nc2ccc3ccccc3c2[C@@H]2[C@H](Cl)[C@@H](Sc3ccccc3[N+](=O)[O-])C[C@@H]21. The lowest BCUT2D eigenvalue weighted by Gasteiger charge is -2.36. The minimum atomic E-state index is -0.908. The Morgan fingerprint density at radius 1 is 1.13 bits per heavy atom. The number of nitrogens with zero attached hydrogens (tertiary/aromatic N) is 1. The Labute approximate surface area is 187 Å². The first-order chi connectivity index (χ1) is 15.0. The Bertz CT molecular complexity index is 1200. The van der Waals surface area contributed by atoms with Crippen LogP contribution in [-0.2, 0) is 4.79 Å². The summed E-state index contributed by atoms with van der Waals surface area (Å²) in [5, 5.41) is 26.2. The molecule has 1 aliphatic heterocycles. The fourth-order valence-corrected chi connectivity index (χ4v) is 6.95. The summed E-state index contributed by atoms with van der Waals surface area (Å²) < 4.78 is 0. The second kappa shape index (κ2) is 7.73. The highest BCUT2D eigenvalue weighted by Gasteiger charge is 2.52. The van der Waals surface area contributed by atoms with Crippen LogP contribution in [0.25, 0.3) is 10.8 Å². The standard InChI is InChI=1S/C23H19ClN2O4S/c24-21-18(31-17-8-4-3-7-16(17)26(29)30)11-14-20(21)19-13-6-2-1-5-12(13)9-10-15(19)25-22(14)23(27)28/h1-10,14,18,20-22,25H,11H2,(H,27,28)/t14-,18-,20+,21+,22+/m0/s1. The van der Waals surface area contributed by atoms with Crippen molar-refractivity contribution < 1.29 is 14.8 Å². The number of hydrogen-bond acceptors (Lipinski definition) is 5. The number of alkyl halides is 1. The van der Waals surface area contributed by atoms with E-state index in [0.29, 0.717) is 11.3 Å². The molecule has 2 N–H and O–H groups in total. The number of nitro groups is 1. The van der Waals surface area contributed by atoms with Gasteiger partial charge in [-0.25, -0.2) is 4.79 Å². The number of nitro benzene ring substituents is 1. The van der Waals surface area contributed by atoms with Crippen LogP contribution >= 0.6 is 23.4 Å². The number of fused-ring (bicyclic) bond motifs is 5. The van der Waals surface area contributed by atoms with E-state index in [4.69, 9.17) is 11.6 Å². The van der Waals surface area contributed by atoms with E-state index in [9.17, 15) is 20.0 Å². The number of aliphatic carboxylic acids is 1. The number of nitrogens with one attached hydrogen (secondary N) is 1. The molecule has 0 aromatic heterocycles. The quantitative estimate of drug-likeness (QED) is 0.307. The highest BCUT2D eigenvalue weighted by molar-refractivity contribution is 8.00. The number of hydrogen-bond donors (Lipinski definition) is 2. The number of carboxylic acids is 1. The van der Waals surface area contributed by atoms with E-state index in [2.05, 4.69) is 5.32 Å². The molecule has 0 radical (unpaired) electrons. The van der Waals surface area contributed by atoms with E-state index in [-0.39, 0.29) is 28.2 Å². The zero-order valence-corrected chi connectivity index (χ0v) is 17.8. The van der Waals surface area contributed by atoms with Crippen LogP contribution in [0.2, 0.25) is 0 Å². The summed E-state index contributed by atoms with van der Waals surface area (Å²) >= 11 is 8.40. The van der Waals surface area contributed by atoms with E-state index in [1.807, 2.05) is 36.4 Å². The summed E-state index contributed by atoms with van der Waals surface area (Å²) in [6.45, 7) is 0. The molecular weight excluding hydrogens is 436 g/mol. The van der Waals surface area contributed by atoms with Gasteiger partial charge in [0, 0.05) is 22.9 Å². The van der Waals surface area contributed by atoms with Gasteiger partial charge in [-0.3, -0.25) is 10.1 Å². The van der Waals surface area contributed by atoms with E-state index >= 15 is 0 Å². The largest absolute Gasteiger partial charge is 0.480 e. The van der Waals surface area contributed by atoms with Gasteiger partial charge in [-0.15, -0.1) is 23.4 Å². The number of anilines is 1. The van der Waals surface area contributed by atoms with Crippen molar-refractivity contribution in [1.29, 1.82) is 0 Å². The number of carboxylic acid groups (broad SMARTS) is 1. The van der Waals surface area contributed by atoms with Gasteiger partial charge in [0.05, 0.1) is 15.2 Å². The zero-order chi connectivity index (χ0) is 21.7. The molecule has 1 saturated carbocycles. The molecule has 0 saturated heterocycles. The summed E-state index contributed by atoms with van der Waals surface area (Å²) in [5.74, 6) is -1.28. The third kappa shape index (κ3) is 3.32. The Hall–Kier alpha value is -2.77. The van der Waals surface area contributed by atoms with Gasteiger partial charge >= 0.3 is 5.97 Å². The van der Waals surface area contributed by atoms with Gasteiger partial charge in [0.15, 0.2) is 0 Å². The molecule has 0 amide bonds. The molecule has 3 aromatic rings. The first-order valence-electron chi connectivity index (χ1n) is 10.0. The Kier molecular flexibility index (Phi) is 5.02. The molecule has 2 aliphatic rings. The molecule has 5 atom stereocenters.